The van der Waals surface area contributed by atoms with Crippen LogP contribution in [-0.4, -0.2) is 57.2 Å². The molecule has 0 aliphatic carbocycles. The van der Waals surface area contributed by atoms with Crippen molar-refractivity contribution in [2.75, 3.05) is 39.6 Å². The summed E-state index contributed by atoms with van der Waals surface area (Å²) in [6.07, 6.45) is 3.43. The number of rotatable bonds is 10. The van der Waals surface area contributed by atoms with Gasteiger partial charge in [0, 0.05) is 0 Å². The Bertz CT molecular complexity index is 265. The highest BCUT2D eigenvalue weighted by molar-refractivity contribution is 7.79. The number of hydrogen-bond donors (Lipinski definition) is 2. The molecule has 0 aliphatic heterocycles. The maximum Gasteiger partial charge on any atom is 0.394 e. The van der Waals surface area contributed by atoms with Crippen molar-refractivity contribution >= 4 is 10.4 Å². The van der Waals surface area contributed by atoms with Crippen LogP contribution in [0.15, 0.2) is 25.3 Å². The van der Waals surface area contributed by atoms with Crippen molar-refractivity contribution in [3.8, 4) is 0 Å². The van der Waals surface area contributed by atoms with Crippen LogP contribution >= 0.6 is 0 Å². The van der Waals surface area contributed by atoms with E-state index in [1.807, 2.05) is 0 Å². The summed E-state index contributed by atoms with van der Waals surface area (Å²) < 4.78 is 47.0. The summed E-state index contributed by atoms with van der Waals surface area (Å²) in [5, 5.41) is 0. The molecule has 8 heteroatoms. The fraction of sp³-hybridized carbons (Fsp3) is 0.600. The Morgan fingerprint density at radius 3 is 1.39 bits per heavy atom. The number of ether oxygens (including phenoxy) is 3. The summed E-state index contributed by atoms with van der Waals surface area (Å²) in [4.78, 5) is 0. The summed E-state index contributed by atoms with van der Waals surface area (Å²) in [6.45, 7) is 10.6. The average molecular weight is 284 g/mol. The molecule has 0 saturated heterocycles. The third-order valence-corrected chi connectivity index (χ3v) is 1.22. The van der Waals surface area contributed by atoms with Crippen LogP contribution in [0.3, 0.4) is 0 Å². The van der Waals surface area contributed by atoms with E-state index in [4.69, 9.17) is 31.7 Å². The van der Waals surface area contributed by atoms with E-state index in [0.717, 1.165) is 0 Å². The highest BCUT2D eigenvalue weighted by Crippen LogP contribution is 1.81. The van der Waals surface area contributed by atoms with Gasteiger partial charge in [0.25, 0.3) is 0 Å². The maximum absolute atomic E-state index is 8.74. The molecule has 0 atom stereocenters. The Balaban J connectivity index is 0. The molecule has 0 aromatic carbocycles. The van der Waals surface area contributed by atoms with Crippen molar-refractivity contribution in [3.63, 3.8) is 0 Å². The van der Waals surface area contributed by atoms with Crippen LogP contribution < -0.4 is 0 Å². The Morgan fingerprint density at radius 2 is 1.11 bits per heavy atom. The molecule has 0 rings (SSSR count). The van der Waals surface area contributed by atoms with Crippen LogP contribution in [0.4, 0.5) is 0 Å². The smallest absolute Gasteiger partial charge is 0.377 e. The van der Waals surface area contributed by atoms with Gasteiger partial charge in [-0.05, 0) is 0 Å². The van der Waals surface area contributed by atoms with Gasteiger partial charge in [-0.2, -0.15) is 8.42 Å². The van der Waals surface area contributed by atoms with E-state index in [1.165, 1.54) is 0 Å². The molecular weight excluding hydrogens is 264 g/mol. The van der Waals surface area contributed by atoms with Crippen molar-refractivity contribution in [2.24, 2.45) is 0 Å². The molecule has 0 aliphatic rings. The predicted octanol–water partition coefficient (Wildman–Crippen LogP) is 0.755. The van der Waals surface area contributed by atoms with E-state index >= 15 is 0 Å². The van der Waals surface area contributed by atoms with Crippen LogP contribution in [-0.2, 0) is 24.6 Å². The first-order chi connectivity index (χ1) is 8.41. The lowest BCUT2D eigenvalue weighted by atomic mass is 10.6. The van der Waals surface area contributed by atoms with E-state index in [1.54, 1.807) is 12.2 Å². The fourth-order valence-electron chi connectivity index (χ4n) is 0.671. The van der Waals surface area contributed by atoms with Gasteiger partial charge in [0.1, 0.15) is 0 Å². The third-order valence-electron chi connectivity index (χ3n) is 1.22. The van der Waals surface area contributed by atoms with Crippen LogP contribution in [0.1, 0.15) is 0 Å². The first-order valence-electron chi connectivity index (χ1n) is 5.06. The second-order valence-corrected chi connectivity index (χ2v) is 3.68. The Kier molecular flexibility index (Phi) is 15.5. The molecule has 2 N–H and O–H groups in total. The zero-order valence-corrected chi connectivity index (χ0v) is 11.0. The second-order valence-electron chi connectivity index (χ2n) is 2.79. The molecule has 0 spiro atoms. The normalized spacial score (nSPS) is 10.3. The fourth-order valence-corrected chi connectivity index (χ4v) is 0.671. The lowest BCUT2D eigenvalue weighted by Crippen LogP contribution is -2.09. The van der Waals surface area contributed by atoms with E-state index in [-0.39, 0.29) is 0 Å². The van der Waals surface area contributed by atoms with E-state index in [9.17, 15) is 0 Å². The SMILES string of the molecule is C=CCOCCOCCOCC=C.O=S(=O)(O)O. The highest BCUT2D eigenvalue weighted by atomic mass is 32.3. The Morgan fingerprint density at radius 1 is 0.833 bits per heavy atom. The molecular formula is C10H20O7S. The summed E-state index contributed by atoms with van der Waals surface area (Å²) in [6, 6.07) is 0. The predicted molar refractivity (Wildman–Crippen MR) is 67.0 cm³/mol. The van der Waals surface area contributed by atoms with Crippen molar-refractivity contribution in [2.45, 2.75) is 0 Å². The van der Waals surface area contributed by atoms with E-state index < -0.39 is 10.4 Å². The Hall–Kier alpha value is -0.770. The molecule has 0 heterocycles. The van der Waals surface area contributed by atoms with Gasteiger partial charge in [-0.1, -0.05) is 12.2 Å². The van der Waals surface area contributed by atoms with E-state index in [0.29, 0.717) is 39.6 Å². The molecule has 18 heavy (non-hydrogen) atoms. The first-order valence-corrected chi connectivity index (χ1v) is 6.46. The van der Waals surface area contributed by atoms with Gasteiger partial charge in [-0.15, -0.1) is 13.2 Å². The minimum absolute atomic E-state index is 0.580. The quantitative estimate of drug-likeness (QED) is 0.347. The first kappa shape index (κ1) is 19.6. The molecule has 0 aromatic heterocycles. The summed E-state index contributed by atoms with van der Waals surface area (Å²) >= 11 is 0. The molecule has 0 saturated carbocycles. The lowest BCUT2D eigenvalue weighted by molar-refractivity contribution is 0.0253. The molecule has 0 radical (unpaired) electrons. The molecule has 0 unspecified atom stereocenters. The largest absolute Gasteiger partial charge is 0.394 e. The maximum atomic E-state index is 8.74. The highest BCUT2D eigenvalue weighted by Gasteiger charge is 1.88. The van der Waals surface area contributed by atoms with Gasteiger partial charge in [0.2, 0.25) is 0 Å². The molecule has 0 bridgehead atoms. The second kappa shape index (κ2) is 14.3. The van der Waals surface area contributed by atoms with Gasteiger partial charge in [-0.25, -0.2) is 0 Å². The standard InChI is InChI=1S/C10H18O3.H2O4S/c1-3-5-11-7-9-13-10-8-12-6-4-2;1-5(2,3)4/h3-4H,1-2,5-10H2;(H2,1,2,3,4). The van der Waals surface area contributed by atoms with Crippen molar-refractivity contribution in [1.29, 1.82) is 0 Å². The number of hydrogen-bond acceptors (Lipinski definition) is 5. The summed E-state index contributed by atoms with van der Waals surface area (Å²) in [5.74, 6) is 0. The molecule has 0 aromatic rings. The zero-order valence-electron chi connectivity index (χ0n) is 10.2. The van der Waals surface area contributed by atoms with Crippen molar-refractivity contribution in [3.05, 3.63) is 25.3 Å². The molecule has 0 fully saturated rings. The summed E-state index contributed by atoms with van der Waals surface area (Å²) in [7, 11) is -4.67. The van der Waals surface area contributed by atoms with Crippen molar-refractivity contribution in [1.82, 2.24) is 0 Å². The minimum Gasteiger partial charge on any atom is -0.377 e. The summed E-state index contributed by atoms with van der Waals surface area (Å²) in [5.41, 5.74) is 0. The van der Waals surface area contributed by atoms with Crippen LogP contribution in [0.5, 0.6) is 0 Å². The van der Waals surface area contributed by atoms with E-state index in [2.05, 4.69) is 13.2 Å². The average Bonchev–Trinajstić information content (AvgIpc) is 2.25. The minimum atomic E-state index is -4.67. The molecule has 7 nitrogen and oxygen atoms in total. The van der Waals surface area contributed by atoms with Crippen LogP contribution in [0, 0.1) is 0 Å². The van der Waals surface area contributed by atoms with Gasteiger partial charge >= 0.3 is 10.4 Å². The van der Waals surface area contributed by atoms with Gasteiger partial charge in [0.05, 0.1) is 39.6 Å². The van der Waals surface area contributed by atoms with Crippen LogP contribution in [0.2, 0.25) is 0 Å². The van der Waals surface area contributed by atoms with Gasteiger partial charge < -0.3 is 14.2 Å². The lowest BCUT2D eigenvalue weighted by Gasteiger charge is -2.04. The Labute approximate surface area is 108 Å². The van der Waals surface area contributed by atoms with Gasteiger partial charge in [-0.3, -0.25) is 9.11 Å². The third kappa shape index (κ3) is 36.2. The monoisotopic (exact) mass is 284 g/mol. The van der Waals surface area contributed by atoms with Gasteiger partial charge in [0.15, 0.2) is 0 Å². The van der Waals surface area contributed by atoms with Crippen LogP contribution in [0.25, 0.3) is 0 Å². The zero-order chi connectivity index (χ0) is 14.3. The van der Waals surface area contributed by atoms with Crippen molar-refractivity contribution < 1.29 is 31.7 Å². The topological polar surface area (TPSA) is 102 Å². The molecule has 0 amide bonds. The molecule has 108 valence electrons.